The normalized spacial score (nSPS) is 17.5. The number of aliphatic hydroxyl groups excluding tert-OH is 1. The summed E-state index contributed by atoms with van der Waals surface area (Å²) in [6.07, 6.45) is 0.309. The van der Waals surface area contributed by atoms with Crippen molar-refractivity contribution in [1.29, 1.82) is 0 Å². The third-order valence-electron chi connectivity index (χ3n) is 3.45. The molecule has 0 amide bonds. The molecule has 3 atom stereocenters. The van der Waals surface area contributed by atoms with E-state index >= 15 is 0 Å². The molecule has 0 bridgehead atoms. The fraction of sp³-hybridized carbons (Fsp3) is 0.538. The maximum Gasteiger partial charge on any atom is 0.231 e. The number of halogens is 2. The Labute approximate surface area is 127 Å². The number of nitrogens with two attached hydrogens (primary N) is 1. The Morgan fingerprint density at radius 1 is 1.37 bits per heavy atom. The molecule has 0 spiro atoms. The lowest BCUT2D eigenvalue weighted by molar-refractivity contribution is 0.0877. The highest BCUT2D eigenvalue weighted by Crippen LogP contribution is 2.39. The molecule has 0 radical (unpaired) electrons. The molecule has 0 fully saturated rings. The van der Waals surface area contributed by atoms with Crippen LogP contribution in [0, 0.1) is 5.92 Å². The average Bonchev–Trinajstić information content (AvgIpc) is 2.82. The first-order valence-electron chi connectivity index (χ1n) is 6.07. The van der Waals surface area contributed by atoms with Gasteiger partial charge in [0.15, 0.2) is 11.5 Å². The maximum absolute atomic E-state index is 10.2. The Morgan fingerprint density at radius 3 is 2.53 bits per heavy atom. The monoisotopic (exact) mass is 351 g/mol. The molecular formula is C13H19BrClNO3. The number of hydrogen-bond acceptors (Lipinski definition) is 4. The van der Waals surface area contributed by atoms with Gasteiger partial charge in [-0.15, -0.1) is 12.4 Å². The lowest BCUT2D eigenvalue weighted by Crippen LogP contribution is -2.31. The van der Waals surface area contributed by atoms with Gasteiger partial charge in [0.2, 0.25) is 6.79 Å². The predicted octanol–water partition coefficient (Wildman–Crippen LogP) is 3.01. The molecule has 6 heteroatoms. The predicted molar refractivity (Wildman–Crippen MR) is 79.9 cm³/mol. The van der Waals surface area contributed by atoms with E-state index in [1.807, 2.05) is 26.0 Å². The Balaban J connectivity index is 0.00000180. The lowest BCUT2D eigenvalue weighted by atomic mass is 9.91. The standard InChI is InChI=1S/C13H18BrNO3.ClH/c1-3-7(2)13(16)12(15)8-4-10-11(5-9(8)14)18-6-17-10;/h4-5,7,12-13,16H,3,6,15H2,1-2H3;1H/t7?,12-,13+;/m0./s1. The average molecular weight is 353 g/mol. The summed E-state index contributed by atoms with van der Waals surface area (Å²) in [5, 5.41) is 10.2. The molecule has 0 saturated carbocycles. The van der Waals surface area contributed by atoms with E-state index in [2.05, 4.69) is 15.9 Å². The van der Waals surface area contributed by atoms with Crippen LogP contribution in [0.25, 0.3) is 0 Å². The van der Waals surface area contributed by atoms with Crippen LogP contribution in [0.5, 0.6) is 11.5 Å². The van der Waals surface area contributed by atoms with E-state index in [-0.39, 0.29) is 25.1 Å². The second-order valence-corrected chi connectivity index (χ2v) is 5.48. The summed E-state index contributed by atoms with van der Waals surface area (Å²) in [4.78, 5) is 0. The molecule has 0 saturated heterocycles. The number of benzene rings is 1. The number of ether oxygens (including phenoxy) is 2. The minimum atomic E-state index is -0.577. The zero-order valence-corrected chi connectivity index (χ0v) is 13.3. The zero-order chi connectivity index (χ0) is 13.3. The fourth-order valence-electron chi connectivity index (χ4n) is 1.97. The minimum Gasteiger partial charge on any atom is -0.454 e. The van der Waals surface area contributed by atoms with Crippen molar-refractivity contribution >= 4 is 28.3 Å². The number of aliphatic hydroxyl groups is 1. The smallest absolute Gasteiger partial charge is 0.231 e. The molecule has 2 rings (SSSR count). The van der Waals surface area contributed by atoms with Crippen molar-refractivity contribution in [3.05, 3.63) is 22.2 Å². The lowest BCUT2D eigenvalue weighted by Gasteiger charge is -2.25. The third kappa shape index (κ3) is 3.34. The summed E-state index contributed by atoms with van der Waals surface area (Å²) >= 11 is 3.46. The number of rotatable bonds is 4. The first-order chi connectivity index (χ1) is 8.54. The highest BCUT2D eigenvalue weighted by molar-refractivity contribution is 9.10. The summed E-state index contributed by atoms with van der Waals surface area (Å²) in [7, 11) is 0. The molecule has 1 aromatic rings. The highest BCUT2D eigenvalue weighted by Gasteiger charge is 2.26. The summed E-state index contributed by atoms with van der Waals surface area (Å²) < 4.78 is 11.5. The SMILES string of the molecule is CCC(C)[C@@H](O)[C@@H](N)c1cc2c(cc1Br)OCO2.Cl. The summed E-state index contributed by atoms with van der Waals surface area (Å²) in [5.41, 5.74) is 6.97. The van der Waals surface area contributed by atoms with Crippen molar-refractivity contribution in [3.8, 4) is 11.5 Å². The van der Waals surface area contributed by atoms with Crippen LogP contribution in [-0.2, 0) is 0 Å². The van der Waals surface area contributed by atoms with Crippen LogP contribution in [-0.4, -0.2) is 18.0 Å². The van der Waals surface area contributed by atoms with Gasteiger partial charge in [-0.25, -0.2) is 0 Å². The molecule has 1 unspecified atom stereocenters. The van der Waals surface area contributed by atoms with E-state index in [1.54, 1.807) is 0 Å². The Hall–Kier alpha value is -0.490. The number of fused-ring (bicyclic) bond motifs is 1. The summed E-state index contributed by atoms with van der Waals surface area (Å²) in [5.74, 6) is 1.54. The van der Waals surface area contributed by atoms with Crippen LogP contribution in [0.4, 0.5) is 0 Å². The third-order valence-corrected chi connectivity index (χ3v) is 4.13. The van der Waals surface area contributed by atoms with Crippen molar-refractivity contribution in [3.63, 3.8) is 0 Å². The van der Waals surface area contributed by atoms with Gasteiger partial charge < -0.3 is 20.3 Å². The molecule has 0 aliphatic carbocycles. The van der Waals surface area contributed by atoms with Gasteiger partial charge in [0, 0.05) is 4.47 Å². The van der Waals surface area contributed by atoms with E-state index in [9.17, 15) is 5.11 Å². The zero-order valence-electron chi connectivity index (χ0n) is 10.9. The van der Waals surface area contributed by atoms with Gasteiger partial charge in [-0.1, -0.05) is 36.2 Å². The molecule has 0 aromatic heterocycles. The van der Waals surface area contributed by atoms with Crippen molar-refractivity contribution in [2.75, 3.05) is 6.79 Å². The quantitative estimate of drug-likeness (QED) is 0.874. The van der Waals surface area contributed by atoms with Crippen LogP contribution in [0.3, 0.4) is 0 Å². The van der Waals surface area contributed by atoms with E-state index in [1.165, 1.54) is 0 Å². The molecule has 3 N–H and O–H groups in total. The largest absolute Gasteiger partial charge is 0.454 e. The van der Waals surface area contributed by atoms with Crippen molar-refractivity contribution in [1.82, 2.24) is 0 Å². The van der Waals surface area contributed by atoms with Gasteiger partial charge in [0.25, 0.3) is 0 Å². The molecule has 4 nitrogen and oxygen atoms in total. The topological polar surface area (TPSA) is 64.7 Å². The fourth-order valence-corrected chi connectivity index (χ4v) is 2.55. The van der Waals surface area contributed by atoms with Gasteiger partial charge in [-0.3, -0.25) is 0 Å². The van der Waals surface area contributed by atoms with Crippen LogP contribution in [0.1, 0.15) is 31.9 Å². The van der Waals surface area contributed by atoms with E-state index in [0.717, 1.165) is 16.5 Å². The second kappa shape index (κ2) is 6.79. The number of hydrogen-bond donors (Lipinski definition) is 2. The molecular weight excluding hydrogens is 334 g/mol. The van der Waals surface area contributed by atoms with Gasteiger partial charge in [-0.05, 0) is 23.6 Å². The molecule has 1 aliphatic heterocycles. The summed E-state index contributed by atoms with van der Waals surface area (Å²) in [6.45, 7) is 4.26. The minimum absolute atomic E-state index is 0. The van der Waals surface area contributed by atoms with Crippen LogP contribution >= 0.6 is 28.3 Å². The summed E-state index contributed by atoms with van der Waals surface area (Å²) in [6, 6.07) is 3.23. The Bertz CT molecular complexity index is 444. The first kappa shape index (κ1) is 16.6. The second-order valence-electron chi connectivity index (χ2n) is 4.63. The molecule has 1 heterocycles. The van der Waals surface area contributed by atoms with E-state index in [4.69, 9.17) is 15.2 Å². The van der Waals surface area contributed by atoms with E-state index < -0.39 is 12.1 Å². The van der Waals surface area contributed by atoms with Crippen molar-refractivity contribution in [2.24, 2.45) is 11.7 Å². The molecule has 108 valence electrons. The van der Waals surface area contributed by atoms with Gasteiger partial charge in [0.1, 0.15) is 0 Å². The van der Waals surface area contributed by atoms with Crippen LogP contribution < -0.4 is 15.2 Å². The van der Waals surface area contributed by atoms with Crippen LogP contribution in [0.15, 0.2) is 16.6 Å². The maximum atomic E-state index is 10.2. The Morgan fingerprint density at radius 2 is 1.95 bits per heavy atom. The van der Waals surface area contributed by atoms with Crippen LogP contribution in [0.2, 0.25) is 0 Å². The molecule has 19 heavy (non-hydrogen) atoms. The first-order valence-corrected chi connectivity index (χ1v) is 6.86. The Kier molecular flexibility index (Phi) is 5.92. The highest BCUT2D eigenvalue weighted by atomic mass is 79.9. The van der Waals surface area contributed by atoms with Gasteiger partial charge in [-0.2, -0.15) is 0 Å². The van der Waals surface area contributed by atoms with E-state index in [0.29, 0.717) is 11.5 Å². The van der Waals surface area contributed by atoms with Crippen molar-refractivity contribution in [2.45, 2.75) is 32.4 Å². The van der Waals surface area contributed by atoms with Crippen molar-refractivity contribution < 1.29 is 14.6 Å². The molecule has 1 aliphatic rings. The van der Waals surface area contributed by atoms with Gasteiger partial charge in [0.05, 0.1) is 12.1 Å². The molecule has 1 aromatic carbocycles. The van der Waals surface area contributed by atoms with Gasteiger partial charge >= 0.3 is 0 Å².